The topological polar surface area (TPSA) is 139 Å². The van der Waals surface area contributed by atoms with Gasteiger partial charge in [0.1, 0.15) is 16.3 Å². The molecule has 14 heteroatoms. The molecule has 4 amide bonds. The molecule has 4 N–H and O–H groups in total. The molecule has 0 spiro atoms. The van der Waals surface area contributed by atoms with Gasteiger partial charge < -0.3 is 35.1 Å². The third-order valence-electron chi connectivity index (χ3n) is 7.04. The first-order chi connectivity index (χ1) is 21.2. The molecule has 0 saturated carbocycles. The van der Waals surface area contributed by atoms with Crippen molar-refractivity contribution in [3.05, 3.63) is 87.1 Å². The first kappa shape index (κ1) is 31.0. The molecule has 0 bridgehead atoms. The van der Waals surface area contributed by atoms with Crippen LogP contribution in [0.5, 0.6) is 0 Å². The van der Waals surface area contributed by atoms with Gasteiger partial charge in [-0.05, 0) is 47.8 Å². The van der Waals surface area contributed by atoms with E-state index in [1.165, 1.54) is 11.3 Å². The molecule has 1 aliphatic heterocycles. The van der Waals surface area contributed by atoms with Gasteiger partial charge in [-0.2, -0.15) is 0 Å². The van der Waals surface area contributed by atoms with Crippen LogP contribution in [0, 0.1) is 0 Å². The van der Waals surface area contributed by atoms with Crippen molar-refractivity contribution in [3.8, 4) is 0 Å². The number of rotatable bonds is 10. The van der Waals surface area contributed by atoms with Crippen LogP contribution >= 0.6 is 22.9 Å². The molecule has 5 rings (SSSR count). The fraction of sp³-hybridized carbons (Fsp3) is 0.267. The second-order valence-electron chi connectivity index (χ2n) is 10.2. The van der Waals surface area contributed by atoms with E-state index in [4.69, 9.17) is 16.3 Å². The number of ether oxygens (including phenoxy) is 1. The van der Waals surface area contributed by atoms with E-state index in [1.54, 1.807) is 83.5 Å². The maximum absolute atomic E-state index is 12.9. The van der Waals surface area contributed by atoms with E-state index in [0.29, 0.717) is 63.7 Å². The van der Waals surface area contributed by atoms with Crippen molar-refractivity contribution in [1.29, 1.82) is 0 Å². The molecular weight excluding hydrogens is 606 g/mol. The molecule has 1 fully saturated rings. The molecule has 4 aromatic rings. The van der Waals surface area contributed by atoms with Crippen LogP contribution < -0.4 is 21.3 Å². The lowest BCUT2D eigenvalue weighted by atomic mass is 10.2. The number of morpholine rings is 1. The van der Waals surface area contributed by atoms with Gasteiger partial charge in [-0.15, -0.1) is 11.3 Å². The van der Waals surface area contributed by atoms with Gasteiger partial charge in [0, 0.05) is 63.9 Å². The minimum atomic E-state index is -0.389. The Bertz CT molecular complexity index is 1670. The molecule has 12 nitrogen and oxygen atoms in total. The largest absolute Gasteiger partial charge is 0.379 e. The first-order valence-corrected chi connectivity index (χ1v) is 15.1. The maximum atomic E-state index is 12.9. The minimum absolute atomic E-state index is 0.221. The van der Waals surface area contributed by atoms with E-state index < -0.39 is 0 Å². The highest BCUT2D eigenvalue weighted by Gasteiger charge is 2.18. The standard InChI is InChI=1S/C30H32ClN7O5S/c1-36-17-21(15-24(36)28(40)32-8-9-38-10-12-43-13-11-38)34-27(39)19-3-5-20(6-4-19)33-29(41)25-16-22(18-37(25)2)35-30(42)26-23(31)7-14-44-26/h3-7,14-18H,8-13H2,1-2H3,(H,32,40)(H,33,41)(H,34,39)(H,35,42). The van der Waals surface area contributed by atoms with Gasteiger partial charge in [0.05, 0.1) is 29.6 Å². The molecule has 3 aromatic heterocycles. The van der Waals surface area contributed by atoms with Gasteiger partial charge in [-0.3, -0.25) is 24.1 Å². The number of aryl methyl sites for hydroxylation is 2. The second kappa shape index (κ2) is 13.9. The van der Waals surface area contributed by atoms with Crippen molar-refractivity contribution in [2.24, 2.45) is 14.1 Å². The van der Waals surface area contributed by atoms with Crippen molar-refractivity contribution in [3.63, 3.8) is 0 Å². The summed E-state index contributed by atoms with van der Waals surface area (Å²) in [6.07, 6.45) is 3.31. The highest BCUT2D eigenvalue weighted by atomic mass is 35.5. The molecule has 44 heavy (non-hydrogen) atoms. The summed E-state index contributed by atoms with van der Waals surface area (Å²) in [5.74, 6) is -1.33. The molecular formula is C30H32ClN7O5S. The highest BCUT2D eigenvalue weighted by Crippen LogP contribution is 2.24. The van der Waals surface area contributed by atoms with E-state index in [-0.39, 0.29) is 23.6 Å². The van der Waals surface area contributed by atoms with Gasteiger partial charge in [-0.1, -0.05) is 11.6 Å². The number of anilines is 3. The van der Waals surface area contributed by atoms with Gasteiger partial charge >= 0.3 is 0 Å². The van der Waals surface area contributed by atoms with Crippen molar-refractivity contribution in [2.45, 2.75) is 0 Å². The van der Waals surface area contributed by atoms with Crippen molar-refractivity contribution < 1.29 is 23.9 Å². The minimum Gasteiger partial charge on any atom is -0.379 e. The van der Waals surface area contributed by atoms with Gasteiger partial charge in [0.25, 0.3) is 23.6 Å². The predicted molar refractivity (Wildman–Crippen MR) is 170 cm³/mol. The zero-order chi connectivity index (χ0) is 31.2. The summed E-state index contributed by atoms with van der Waals surface area (Å²) in [6, 6.07) is 11.3. The Morgan fingerprint density at radius 1 is 0.795 bits per heavy atom. The SMILES string of the molecule is Cn1cc(NC(=O)c2ccc(NC(=O)c3cc(NC(=O)c4sccc4Cl)cn3C)cc2)cc1C(=O)NCCN1CCOCC1. The van der Waals surface area contributed by atoms with Gasteiger partial charge in [0.2, 0.25) is 0 Å². The Labute approximate surface area is 262 Å². The van der Waals surface area contributed by atoms with E-state index in [0.717, 1.165) is 19.6 Å². The molecule has 230 valence electrons. The lowest BCUT2D eigenvalue weighted by Gasteiger charge is -2.26. The van der Waals surface area contributed by atoms with Crippen molar-refractivity contribution >= 4 is 63.6 Å². The fourth-order valence-corrected chi connectivity index (χ4v) is 5.74. The van der Waals surface area contributed by atoms with Gasteiger partial charge in [0.15, 0.2) is 0 Å². The summed E-state index contributed by atoms with van der Waals surface area (Å²) < 4.78 is 8.61. The Hall–Kier alpha value is -4.43. The number of benzene rings is 1. The third-order valence-corrected chi connectivity index (χ3v) is 8.38. The number of hydrogen-bond donors (Lipinski definition) is 4. The Kier molecular flexibility index (Phi) is 9.80. The van der Waals surface area contributed by atoms with E-state index in [1.807, 2.05) is 0 Å². The summed E-state index contributed by atoms with van der Waals surface area (Å²) in [4.78, 5) is 53.6. The molecule has 4 heterocycles. The van der Waals surface area contributed by atoms with Crippen LogP contribution in [0.25, 0.3) is 0 Å². The number of nitrogens with zero attached hydrogens (tertiary/aromatic N) is 3. The molecule has 1 aliphatic rings. The summed E-state index contributed by atoms with van der Waals surface area (Å²) in [7, 11) is 3.44. The monoisotopic (exact) mass is 637 g/mol. The molecule has 1 aromatic carbocycles. The van der Waals surface area contributed by atoms with Crippen molar-refractivity contribution in [2.75, 3.05) is 55.3 Å². The number of aromatic nitrogens is 2. The molecule has 1 saturated heterocycles. The Morgan fingerprint density at radius 3 is 2.00 bits per heavy atom. The summed E-state index contributed by atoms with van der Waals surface area (Å²) >= 11 is 7.27. The van der Waals surface area contributed by atoms with Crippen LogP contribution in [0.4, 0.5) is 17.1 Å². The summed E-state index contributed by atoms with van der Waals surface area (Å²) in [5, 5.41) is 13.4. The highest BCUT2D eigenvalue weighted by molar-refractivity contribution is 7.12. The lowest BCUT2D eigenvalue weighted by molar-refractivity contribution is 0.0383. The summed E-state index contributed by atoms with van der Waals surface area (Å²) in [5.41, 5.74) is 2.55. The number of carbonyl (C=O) groups is 4. The second-order valence-corrected chi connectivity index (χ2v) is 11.5. The third kappa shape index (κ3) is 7.55. The smallest absolute Gasteiger partial charge is 0.272 e. The zero-order valence-corrected chi connectivity index (χ0v) is 25.8. The van der Waals surface area contributed by atoms with Crippen LogP contribution in [0.3, 0.4) is 0 Å². The van der Waals surface area contributed by atoms with Crippen LogP contribution in [-0.4, -0.2) is 77.1 Å². The van der Waals surface area contributed by atoms with E-state index in [2.05, 4.69) is 26.2 Å². The molecule has 0 radical (unpaired) electrons. The Morgan fingerprint density at radius 2 is 1.39 bits per heavy atom. The Balaban J connectivity index is 1.13. The van der Waals surface area contributed by atoms with Crippen LogP contribution in [0.15, 0.2) is 60.2 Å². The number of carbonyl (C=O) groups excluding carboxylic acids is 4. The first-order valence-electron chi connectivity index (χ1n) is 13.9. The quantitative estimate of drug-likeness (QED) is 0.208. The van der Waals surface area contributed by atoms with E-state index in [9.17, 15) is 19.2 Å². The number of halogens is 1. The zero-order valence-electron chi connectivity index (χ0n) is 24.2. The molecule has 0 aliphatic carbocycles. The van der Waals surface area contributed by atoms with E-state index >= 15 is 0 Å². The fourth-order valence-electron chi connectivity index (χ4n) is 4.71. The average molecular weight is 638 g/mol. The maximum Gasteiger partial charge on any atom is 0.272 e. The lowest BCUT2D eigenvalue weighted by Crippen LogP contribution is -2.41. The number of amides is 4. The average Bonchev–Trinajstić information content (AvgIpc) is 3.71. The van der Waals surface area contributed by atoms with Crippen LogP contribution in [0.1, 0.15) is 41.0 Å². The van der Waals surface area contributed by atoms with Crippen molar-refractivity contribution in [1.82, 2.24) is 19.4 Å². The summed E-state index contributed by atoms with van der Waals surface area (Å²) in [6.45, 7) is 4.37. The predicted octanol–water partition coefficient (Wildman–Crippen LogP) is 3.90. The number of thiophene rings is 1. The molecule has 0 unspecified atom stereocenters. The normalized spacial score (nSPS) is 13.3. The van der Waals surface area contributed by atoms with Crippen LogP contribution in [0.2, 0.25) is 5.02 Å². The van der Waals surface area contributed by atoms with Gasteiger partial charge in [-0.25, -0.2) is 0 Å². The van der Waals surface area contributed by atoms with Crippen LogP contribution in [-0.2, 0) is 18.8 Å². The number of nitrogens with one attached hydrogen (secondary N) is 4. The molecule has 0 atom stereocenters. The number of hydrogen-bond acceptors (Lipinski definition) is 7.